The van der Waals surface area contributed by atoms with Gasteiger partial charge in [-0.3, -0.25) is 9.78 Å². The van der Waals surface area contributed by atoms with Crippen LogP contribution in [0.5, 0.6) is 5.75 Å². The highest BCUT2D eigenvalue weighted by atomic mass is 16.5. The maximum Gasteiger partial charge on any atom is 0.223 e. The van der Waals surface area contributed by atoms with E-state index in [-0.39, 0.29) is 5.91 Å². The Morgan fingerprint density at radius 3 is 3.10 bits per heavy atom. The Morgan fingerprint density at radius 1 is 1.43 bits per heavy atom. The van der Waals surface area contributed by atoms with Gasteiger partial charge in [0.05, 0.1) is 19.3 Å². The fraction of sp³-hybridized carbons (Fsp3) is 0.625. The summed E-state index contributed by atoms with van der Waals surface area (Å²) in [5, 5.41) is 3.44. The Labute approximate surface area is 125 Å². The number of methoxy groups -OCH3 is 1. The average Bonchev–Trinajstić information content (AvgIpc) is 2.49. The number of aromatic nitrogens is 1. The molecule has 0 spiro atoms. The number of nitrogens with one attached hydrogen (secondary N) is 1. The first-order valence-corrected chi connectivity index (χ1v) is 7.69. The number of hydrogen-bond donors (Lipinski definition) is 1. The van der Waals surface area contributed by atoms with Gasteiger partial charge >= 0.3 is 0 Å². The van der Waals surface area contributed by atoms with E-state index in [1.165, 1.54) is 0 Å². The van der Waals surface area contributed by atoms with Crippen LogP contribution in [-0.2, 0) is 11.3 Å². The molecule has 2 unspecified atom stereocenters. The highest BCUT2D eigenvalue weighted by molar-refractivity contribution is 5.77. The third-order valence-corrected chi connectivity index (χ3v) is 4.57. The fourth-order valence-corrected chi connectivity index (χ4v) is 3.53. The number of pyridine rings is 1. The minimum absolute atomic E-state index is 0.264. The molecule has 2 aliphatic rings. The molecule has 3 rings (SSSR count). The Morgan fingerprint density at radius 2 is 2.29 bits per heavy atom. The molecule has 2 saturated heterocycles. The average molecular weight is 289 g/mol. The van der Waals surface area contributed by atoms with Gasteiger partial charge in [0.2, 0.25) is 5.91 Å². The number of fused-ring (bicyclic) bond motifs is 1. The first kappa shape index (κ1) is 14.3. The van der Waals surface area contributed by atoms with Gasteiger partial charge in [-0.1, -0.05) is 0 Å². The van der Waals surface area contributed by atoms with Crippen molar-refractivity contribution >= 4 is 5.91 Å². The van der Waals surface area contributed by atoms with Crippen molar-refractivity contribution in [1.29, 1.82) is 0 Å². The molecule has 114 valence electrons. The number of ether oxygens (including phenoxy) is 1. The van der Waals surface area contributed by atoms with Crippen molar-refractivity contribution in [3.63, 3.8) is 0 Å². The molecule has 1 amide bonds. The lowest BCUT2D eigenvalue weighted by Crippen LogP contribution is -2.54. The molecule has 0 radical (unpaired) electrons. The number of rotatable bonds is 3. The van der Waals surface area contributed by atoms with E-state index in [1.807, 2.05) is 24.0 Å². The molecule has 2 atom stereocenters. The highest BCUT2D eigenvalue weighted by Crippen LogP contribution is 2.30. The largest absolute Gasteiger partial charge is 0.497 e. The summed E-state index contributed by atoms with van der Waals surface area (Å²) < 4.78 is 5.30. The molecule has 1 aromatic heterocycles. The van der Waals surface area contributed by atoms with E-state index in [4.69, 9.17) is 4.74 Å². The summed E-state index contributed by atoms with van der Waals surface area (Å²) in [6.07, 6.45) is 2.71. The second kappa shape index (κ2) is 6.02. The number of nitrogens with zero attached hydrogens (tertiary/aromatic N) is 2. The SMILES string of the molecule is COc1cc(C)nc(CN2C(=O)CCC3CNCCC32)c1. The molecule has 0 aromatic carbocycles. The summed E-state index contributed by atoms with van der Waals surface area (Å²) in [6.45, 7) is 4.57. The summed E-state index contributed by atoms with van der Waals surface area (Å²) >= 11 is 0. The molecule has 21 heavy (non-hydrogen) atoms. The van der Waals surface area contributed by atoms with Crippen LogP contribution in [0.2, 0.25) is 0 Å². The van der Waals surface area contributed by atoms with Crippen molar-refractivity contribution in [3.05, 3.63) is 23.5 Å². The van der Waals surface area contributed by atoms with Gasteiger partial charge in [-0.05, 0) is 38.8 Å². The van der Waals surface area contributed by atoms with Crippen LogP contribution in [0.15, 0.2) is 12.1 Å². The van der Waals surface area contributed by atoms with Crippen LogP contribution in [0.1, 0.15) is 30.7 Å². The number of likely N-dealkylation sites (tertiary alicyclic amines) is 1. The maximum absolute atomic E-state index is 12.3. The first-order valence-electron chi connectivity index (χ1n) is 7.69. The van der Waals surface area contributed by atoms with Gasteiger partial charge in [0.25, 0.3) is 0 Å². The molecule has 2 aliphatic heterocycles. The van der Waals surface area contributed by atoms with E-state index in [0.717, 1.165) is 43.1 Å². The molecule has 1 N–H and O–H groups in total. The van der Waals surface area contributed by atoms with Crippen molar-refractivity contribution in [2.75, 3.05) is 20.2 Å². The van der Waals surface area contributed by atoms with Crippen molar-refractivity contribution in [2.45, 2.75) is 38.8 Å². The van der Waals surface area contributed by atoms with Crippen LogP contribution in [0.25, 0.3) is 0 Å². The third kappa shape index (κ3) is 3.02. The van der Waals surface area contributed by atoms with E-state index in [9.17, 15) is 4.79 Å². The highest BCUT2D eigenvalue weighted by Gasteiger charge is 2.37. The predicted molar refractivity (Wildman–Crippen MR) is 80.1 cm³/mol. The number of aryl methyl sites for hydroxylation is 1. The Hall–Kier alpha value is -1.62. The smallest absolute Gasteiger partial charge is 0.223 e. The quantitative estimate of drug-likeness (QED) is 0.916. The number of hydrogen-bond acceptors (Lipinski definition) is 4. The van der Waals surface area contributed by atoms with Crippen LogP contribution < -0.4 is 10.1 Å². The molecule has 0 bridgehead atoms. The summed E-state index contributed by atoms with van der Waals surface area (Å²) in [7, 11) is 1.66. The van der Waals surface area contributed by atoms with E-state index in [0.29, 0.717) is 24.9 Å². The van der Waals surface area contributed by atoms with Gasteiger partial charge in [0, 0.05) is 30.3 Å². The molecule has 5 heteroatoms. The Balaban J connectivity index is 1.81. The maximum atomic E-state index is 12.3. The number of amides is 1. The van der Waals surface area contributed by atoms with Gasteiger partial charge in [-0.25, -0.2) is 0 Å². The van der Waals surface area contributed by atoms with Crippen molar-refractivity contribution < 1.29 is 9.53 Å². The zero-order chi connectivity index (χ0) is 14.8. The molecular formula is C16H23N3O2. The number of carbonyl (C=O) groups excluding carboxylic acids is 1. The second-order valence-electron chi connectivity index (χ2n) is 6.02. The van der Waals surface area contributed by atoms with Crippen LogP contribution in [0.3, 0.4) is 0 Å². The molecule has 0 saturated carbocycles. The fourth-order valence-electron chi connectivity index (χ4n) is 3.53. The monoisotopic (exact) mass is 289 g/mol. The van der Waals surface area contributed by atoms with E-state index < -0.39 is 0 Å². The van der Waals surface area contributed by atoms with Crippen LogP contribution in [0.4, 0.5) is 0 Å². The summed E-state index contributed by atoms with van der Waals surface area (Å²) in [6, 6.07) is 4.21. The number of piperidine rings is 2. The molecule has 0 aliphatic carbocycles. The zero-order valence-electron chi connectivity index (χ0n) is 12.8. The van der Waals surface area contributed by atoms with Gasteiger partial charge in [-0.2, -0.15) is 0 Å². The standard InChI is InChI=1S/C16H23N3O2/c1-11-7-14(21-2)8-13(18-11)10-19-15-5-6-17-9-12(15)3-4-16(19)20/h7-8,12,15,17H,3-6,9-10H2,1-2H3. The number of carbonyl (C=O) groups is 1. The van der Waals surface area contributed by atoms with E-state index in [2.05, 4.69) is 10.3 Å². The summed E-state index contributed by atoms with van der Waals surface area (Å²) in [4.78, 5) is 18.9. The first-order chi connectivity index (χ1) is 10.2. The minimum atomic E-state index is 0.264. The third-order valence-electron chi connectivity index (χ3n) is 4.57. The Kier molecular flexibility index (Phi) is 4.10. The van der Waals surface area contributed by atoms with Crippen LogP contribution >= 0.6 is 0 Å². The molecular weight excluding hydrogens is 266 g/mol. The molecule has 2 fully saturated rings. The molecule has 3 heterocycles. The van der Waals surface area contributed by atoms with Gasteiger partial charge < -0.3 is 15.0 Å². The van der Waals surface area contributed by atoms with Gasteiger partial charge in [-0.15, -0.1) is 0 Å². The van der Waals surface area contributed by atoms with Crippen molar-refractivity contribution in [1.82, 2.24) is 15.2 Å². The lowest BCUT2D eigenvalue weighted by atomic mass is 9.84. The normalized spacial score (nSPS) is 25.6. The van der Waals surface area contributed by atoms with Gasteiger partial charge in [0.15, 0.2) is 0 Å². The summed E-state index contributed by atoms with van der Waals surface area (Å²) in [5.74, 6) is 1.66. The zero-order valence-corrected chi connectivity index (χ0v) is 12.8. The van der Waals surface area contributed by atoms with E-state index in [1.54, 1.807) is 7.11 Å². The van der Waals surface area contributed by atoms with Crippen molar-refractivity contribution in [3.8, 4) is 5.75 Å². The predicted octanol–water partition coefficient (Wildman–Crippen LogP) is 1.50. The minimum Gasteiger partial charge on any atom is -0.497 e. The summed E-state index contributed by atoms with van der Waals surface area (Å²) in [5.41, 5.74) is 1.84. The topological polar surface area (TPSA) is 54.5 Å². The van der Waals surface area contributed by atoms with Crippen LogP contribution in [-0.4, -0.2) is 42.0 Å². The molecule has 1 aromatic rings. The lowest BCUT2D eigenvalue weighted by molar-refractivity contribution is -0.140. The second-order valence-corrected chi connectivity index (χ2v) is 6.02. The lowest BCUT2D eigenvalue weighted by Gasteiger charge is -2.44. The van der Waals surface area contributed by atoms with Crippen molar-refractivity contribution in [2.24, 2.45) is 5.92 Å². The van der Waals surface area contributed by atoms with Gasteiger partial charge in [0.1, 0.15) is 5.75 Å². The van der Waals surface area contributed by atoms with E-state index >= 15 is 0 Å². The Bertz CT molecular complexity index is 532. The van der Waals surface area contributed by atoms with Crippen LogP contribution in [0, 0.1) is 12.8 Å². The molecule has 5 nitrogen and oxygen atoms in total.